The Morgan fingerprint density at radius 1 is 1.31 bits per heavy atom. The summed E-state index contributed by atoms with van der Waals surface area (Å²) >= 11 is 3.14. The summed E-state index contributed by atoms with van der Waals surface area (Å²) in [5, 5.41) is 0.510. The van der Waals surface area contributed by atoms with E-state index in [-0.39, 0.29) is 6.54 Å². The van der Waals surface area contributed by atoms with Gasteiger partial charge >= 0.3 is 6.18 Å². The van der Waals surface area contributed by atoms with Crippen LogP contribution in [0.1, 0.15) is 5.69 Å². The highest BCUT2D eigenvalue weighted by Gasteiger charge is 2.30. The van der Waals surface area contributed by atoms with Crippen LogP contribution < -0.4 is 0 Å². The van der Waals surface area contributed by atoms with Crippen molar-refractivity contribution in [1.82, 2.24) is 9.88 Å². The quantitative estimate of drug-likeness (QED) is 0.777. The number of alkyl halides is 4. The van der Waals surface area contributed by atoms with Crippen LogP contribution in [-0.4, -0.2) is 34.5 Å². The van der Waals surface area contributed by atoms with Gasteiger partial charge in [-0.2, -0.15) is 13.2 Å². The summed E-state index contributed by atoms with van der Waals surface area (Å²) in [5.74, 6) is 0. The number of halogens is 4. The van der Waals surface area contributed by atoms with Crippen molar-refractivity contribution >= 4 is 15.9 Å². The molecule has 0 aliphatic carbocycles. The van der Waals surface area contributed by atoms with E-state index in [1.807, 2.05) is 0 Å². The minimum atomic E-state index is -4.17. The molecule has 0 aromatic carbocycles. The molecule has 0 amide bonds. The summed E-state index contributed by atoms with van der Waals surface area (Å²) in [6, 6.07) is 5.22. The molecule has 0 aliphatic rings. The van der Waals surface area contributed by atoms with Crippen LogP contribution in [-0.2, 0) is 6.54 Å². The SMILES string of the molecule is FC(F)(F)CN(CCBr)Cc1ccccn1. The van der Waals surface area contributed by atoms with Crippen LogP contribution >= 0.6 is 15.9 Å². The molecule has 0 radical (unpaired) electrons. The van der Waals surface area contributed by atoms with Gasteiger partial charge < -0.3 is 0 Å². The first-order valence-electron chi connectivity index (χ1n) is 4.76. The van der Waals surface area contributed by atoms with Gasteiger partial charge in [0.25, 0.3) is 0 Å². The molecule has 90 valence electrons. The molecule has 0 atom stereocenters. The Morgan fingerprint density at radius 2 is 2.06 bits per heavy atom. The van der Waals surface area contributed by atoms with Crippen molar-refractivity contribution in [3.05, 3.63) is 30.1 Å². The fourth-order valence-electron chi connectivity index (χ4n) is 1.31. The minimum Gasteiger partial charge on any atom is -0.288 e. The Hall–Kier alpha value is -0.620. The molecule has 1 rings (SSSR count). The maximum Gasteiger partial charge on any atom is 0.401 e. The van der Waals surface area contributed by atoms with E-state index in [1.54, 1.807) is 24.4 Å². The lowest BCUT2D eigenvalue weighted by Gasteiger charge is -2.22. The lowest BCUT2D eigenvalue weighted by Crippen LogP contribution is -2.35. The second kappa shape index (κ2) is 6.20. The summed E-state index contributed by atoms with van der Waals surface area (Å²) in [7, 11) is 0. The number of nitrogens with zero attached hydrogens (tertiary/aromatic N) is 2. The number of hydrogen-bond donors (Lipinski definition) is 0. The first kappa shape index (κ1) is 13.4. The molecule has 6 heteroatoms. The Morgan fingerprint density at radius 3 is 2.56 bits per heavy atom. The Labute approximate surface area is 101 Å². The van der Waals surface area contributed by atoms with Gasteiger partial charge in [-0.15, -0.1) is 0 Å². The number of hydrogen-bond acceptors (Lipinski definition) is 2. The number of aromatic nitrogens is 1. The first-order chi connectivity index (χ1) is 7.51. The van der Waals surface area contributed by atoms with Crippen LogP contribution in [0.5, 0.6) is 0 Å². The van der Waals surface area contributed by atoms with Crippen molar-refractivity contribution in [3.63, 3.8) is 0 Å². The summed E-state index contributed by atoms with van der Waals surface area (Å²) in [6.07, 6.45) is -2.59. The Kier molecular flexibility index (Phi) is 5.21. The van der Waals surface area contributed by atoms with Gasteiger partial charge in [-0.05, 0) is 12.1 Å². The van der Waals surface area contributed by atoms with E-state index in [0.717, 1.165) is 0 Å². The Bertz CT molecular complexity index is 303. The fraction of sp³-hybridized carbons (Fsp3) is 0.500. The highest BCUT2D eigenvalue weighted by molar-refractivity contribution is 9.09. The van der Waals surface area contributed by atoms with Gasteiger partial charge in [0, 0.05) is 24.6 Å². The molecule has 0 saturated heterocycles. The number of rotatable bonds is 5. The van der Waals surface area contributed by atoms with E-state index in [9.17, 15) is 13.2 Å². The predicted molar refractivity (Wildman–Crippen MR) is 59.4 cm³/mol. The molecule has 0 bridgehead atoms. The zero-order valence-electron chi connectivity index (χ0n) is 8.54. The molecular formula is C10H12BrF3N2. The average molecular weight is 297 g/mol. The topological polar surface area (TPSA) is 16.1 Å². The zero-order valence-corrected chi connectivity index (χ0v) is 10.1. The lowest BCUT2D eigenvalue weighted by atomic mass is 10.3. The van der Waals surface area contributed by atoms with E-state index in [1.165, 1.54) is 4.90 Å². The van der Waals surface area contributed by atoms with Gasteiger partial charge in [-0.3, -0.25) is 9.88 Å². The summed E-state index contributed by atoms with van der Waals surface area (Å²) < 4.78 is 36.8. The second-order valence-electron chi connectivity index (χ2n) is 3.34. The zero-order chi connectivity index (χ0) is 12.0. The van der Waals surface area contributed by atoms with Gasteiger partial charge in [-0.25, -0.2) is 0 Å². The van der Waals surface area contributed by atoms with Crippen LogP contribution in [0.15, 0.2) is 24.4 Å². The molecule has 0 fully saturated rings. The molecule has 0 N–H and O–H groups in total. The third-order valence-corrected chi connectivity index (χ3v) is 2.27. The molecule has 0 unspecified atom stereocenters. The van der Waals surface area contributed by atoms with Gasteiger partial charge in [0.2, 0.25) is 0 Å². The number of pyridine rings is 1. The van der Waals surface area contributed by atoms with Crippen molar-refractivity contribution in [1.29, 1.82) is 0 Å². The maximum absolute atomic E-state index is 12.3. The molecule has 1 aromatic heterocycles. The predicted octanol–water partition coefficient (Wildman–Crippen LogP) is 2.84. The molecule has 0 saturated carbocycles. The van der Waals surface area contributed by atoms with Crippen molar-refractivity contribution < 1.29 is 13.2 Å². The van der Waals surface area contributed by atoms with Crippen molar-refractivity contribution in [2.75, 3.05) is 18.4 Å². The second-order valence-corrected chi connectivity index (χ2v) is 4.13. The lowest BCUT2D eigenvalue weighted by molar-refractivity contribution is -0.146. The molecule has 16 heavy (non-hydrogen) atoms. The van der Waals surface area contributed by atoms with E-state index in [2.05, 4.69) is 20.9 Å². The van der Waals surface area contributed by atoms with E-state index >= 15 is 0 Å². The van der Waals surface area contributed by atoms with Gasteiger partial charge in [0.1, 0.15) is 0 Å². The molecule has 0 spiro atoms. The van der Waals surface area contributed by atoms with Gasteiger partial charge in [0.15, 0.2) is 0 Å². The maximum atomic E-state index is 12.3. The largest absolute Gasteiger partial charge is 0.401 e. The molecule has 1 aromatic rings. The standard InChI is InChI=1S/C10H12BrF3N2/c11-4-6-16(8-10(12,13)14)7-9-3-1-2-5-15-9/h1-3,5H,4,6-8H2. The molecule has 1 heterocycles. The monoisotopic (exact) mass is 296 g/mol. The minimum absolute atomic E-state index is 0.214. The summed E-state index contributed by atoms with van der Waals surface area (Å²) in [5.41, 5.74) is 0.646. The summed E-state index contributed by atoms with van der Waals surface area (Å²) in [6.45, 7) is -0.350. The van der Waals surface area contributed by atoms with Crippen molar-refractivity contribution in [3.8, 4) is 0 Å². The van der Waals surface area contributed by atoms with Crippen LogP contribution in [0.25, 0.3) is 0 Å². The van der Waals surface area contributed by atoms with E-state index in [4.69, 9.17) is 0 Å². The van der Waals surface area contributed by atoms with Crippen LogP contribution in [0.3, 0.4) is 0 Å². The highest BCUT2D eigenvalue weighted by Crippen LogP contribution is 2.17. The smallest absolute Gasteiger partial charge is 0.288 e. The van der Waals surface area contributed by atoms with Crippen LogP contribution in [0.4, 0.5) is 13.2 Å². The molecule has 2 nitrogen and oxygen atoms in total. The van der Waals surface area contributed by atoms with E-state index in [0.29, 0.717) is 17.6 Å². The van der Waals surface area contributed by atoms with Crippen LogP contribution in [0.2, 0.25) is 0 Å². The first-order valence-corrected chi connectivity index (χ1v) is 5.88. The highest BCUT2D eigenvalue weighted by atomic mass is 79.9. The summed E-state index contributed by atoms with van der Waals surface area (Å²) in [4.78, 5) is 5.32. The molecular weight excluding hydrogens is 285 g/mol. The van der Waals surface area contributed by atoms with Gasteiger partial charge in [-0.1, -0.05) is 22.0 Å². The average Bonchev–Trinajstić information content (AvgIpc) is 2.17. The third kappa shape index (κ3) is 5.46. The molecule has 0 aliphatic heterocycles. The third-order valence-electron chi connectivity index (χ3n) is 1.92. The Balaban J connectivity index is 2.58. The van der Waals surface area contributed by atoms with Gasteiger partial charge in [0.05, 0.1) is 12.2 Å². The van der Waals surface area contributed by atoms with Crippen molar-refractivity contribution in [2.45, 2.75) is 12.7 Å². The fourth-order valence-corrected chi connectivity index (χ4v) is 1.81. The van der Waals surface area contributed by atoms with E-state index < -0.39 is 12.7 Å². The van der Waals surface area contributed by atoms with Crippen LogP contribution in [0, 0.1) is 0 Å². The normalized spacial score (nSPS) is 12.1. The van der Waals surface area contributed by atoms with Crippen molar-refractivity contribution in [2.24, 2.45) is 0 Å².